The molecule has 0 fully saturated rings. The van der Waals surface area contributed by atoms with Gasteiger partial charge >= 0.3 is 5.88 Å². The standard InChI is InChI=1S/C8H13N3O3/c1-10(5-4-9)6-7-2-3-8(14-7)11(12)13/h2-3H,4-6,9H2,1H3. The first-order valence-corrected chi connectivity index (χ1v) is 4.25. The fourth-order valence-corrected chi connectivity index (χ4v) is 1.12. The van der Waals surface area contributed by atoms with Crippen molar-refractivity contribution in [3.63, 3.8) is 0 Å². The molecule has 0 atom stereocenters. The molecule has 0 aromatic carbocycles. The second kappa shape index (κ2) is 4.73. The zero-order valence-electron chi connectivity index (χ0n) is 7.97. The van der Waals surface area contributed by atoms with Gasteiger partial charge in [0.1, 0.15) is 10.7 Å². The average Bonchev–Trinajstić information content (AvgIpc) is 2.53. The lowest BCUT2D eigenvalue weighted by atomic mass is 10.4. The first-order chi connectivity index (χ1) is 6.63. The van der Waals surface area contributed by atoms with Crippen molar-refractivity contribution in [3.05, 3.63) is 28.0 Å². The molecule has 1 aromatic rings. The van der Waals surface area contributed by atoms with Crippen molar-refractivity contribution >= 4 is 5.88 Å². The van der Waals surface area contributed by atoms with E-state index in [1.165, 1.54) is 6.07 Å². The summed E-state index contributed by atoms with van der Waals surface area (Å²) in [7, 11) is 1.88. The summed E-state index contributed by atoms with van der Waals surface area (Å²) in [6.07, 6.45) is 0. The smallest absolute Gasteiger partial charge is 0.404 e. The van der Waals surface area contributed by atoms with Crippen LogP contribution in [0.15, 0.2) is 16.5 Å². The molecule has 1 rings (SSSR count). The normalized spacial score (nSPS) is 10.8. The summed E-state index contributed by atoms with van der Waals surface area (Å²) in [5.41, 5.74) is 5.36. The summed E-state index contributed by atoms with van der Waals surface area (Å²) >= 11 is 0. The van der Waals surface area contributed by atoms with Crippen molar-refractivity contribution in [2.24, 2.45) is 5.73 Å². The summed E-state index contributed by atoms with van der Waals surface area (Å²) in [5.74, 6) is 0.355. The Kier molecular flexibility index (Phi) is 3.61. The van der Waals surface area contributed by atoms with Crippen molar-refractivity contribution in [1.82, 2.24) is 4.90 Å². The number of hydrogen-bond acceptors (Lipinski definition) is 5. The molecular formula is C8H13N3O3. The summed E-state index contributed by atoms with van der Waals surface area (Å²) < 4.78 is 4.98. The zero-order valence-corrected chi connectivity index (χ0v) is 7.97. The third-order valence-corrected chi connectivity index (χ3v) is 1.76. The minimum Gasteiger partial charge on any atom is -0.404 e. The van der Waals surface area contributed by atoms with Crippen molar-refractivity contribution in [2.75, 3.05) is 20.1 Å². The molecule has 0 radical (unpaired) electrons. The van der Waals surface area contributed by atoms with Crippen LogP contribution in [0.1, 0.15) is 5.76 Å². The molecule has 6 nitrogen and oxygen atoms in total. The van der Waals surface area contributed by atoms with E-state index in [0.717, 1.165) is 6.54 Å². The second-order valence-corrected chi connectivity index (χ2v) is 3.02. The SMILES string of the molecule is CN(CCN)Cc1ccc([N+](=O)[O-])o1. The summed E-state index contributed by atoms with van der Waals surface area (Å²) in [5, 5.41) is 10.3. The van der Waals surface area contributed by atoms with Crippen molar-refractivity contribution < 1.29 is 9.34 Å². The molecule has 0 saturated carbocycles. The van der Waals surface area contributed by atoms with Gasteiger partial charge in [-0.2, -0.15) is 0 Å². The first-order valence-electron chi connectivity index (χ1n) is 4.25. The van der Waals surface area contributed by atoms with Crippen LogP contribution in [-0.2, 0) is 6.54 Å². The Morgan fingerprint density at radius 3 is 2.86 bits per heavy atom. The molecule has 1 heterocycles. The molecule has 0 amide bonds. The number of nitrogens with two attached hydrogens (primary N) is 1. The molecule has 0 bridgehead atoms. The van der Waals surface area contributed by atoms with Crippen LogP contribution in [-0.4, -0.2) is 30.0 Å². The highest BCUT2D eigenvalue weighted by atomic mass is 16.6. The maximum atomic E-state index is 10.3. The van der Waals surface area contributed by atoms with Crippen LogP contribution in [0.2, 0.25) is 0 Å². The lowest BCUT2D eigenvalue weighted by Crippen LogP contribution is -2.24. The number of hydrogen-bond donors (Lipinski definition) is 1. The van der Waals surface area contributed by atoms with Gasteiger partial charge in [0.15, 0.2) is 0 Å². The largest absolute Gasteiger partial charge is 0.433 e. The van der Waals surface area contributed by atoms with Crippen LogP contribution in [0.25, 0.3) is 0 Å². The summed E-state index contributed by atoms with van der Waals surface area (Å²) in [6, 6.07) is 2.96. The van der Waals surface area contributed by atoms with E-state index in [9.17, 15) is 10.1 Å². The Balaban J connectivity index is 2.55. The van der Waals surface area contributed by atoms with Gasteiger partial charge in [-0.05, 0) is 13.1 Å². The van der Waals surface area contributed by atoms with Gasteiger partial charge in [0, 0.05) is 13.1 Å². The van der Waals surface area contributed by atoms with Gasteiger partial charge in [-0.25, -0.2) is 0 Å². The molecule has 0 aliphatic heterocycles. The fourth-order valence-electron chi connectivity index (χ4n) is 1.12. The Labute approximate surface area is 81.4 Å². The van der Waals surface area contributed by atoms with E-state index >= 15 is 0 Å². The minimum absolute atomic E-state index is 0.221. The monoisotopic (exact) mass is 199 g/mol. The van der Waals surface area contributed by atoms with E-state index in [2.05, 4.69) is 0 Å². The molecule has 0 aliphatic rings. The van der Waals surface area contributed by atoms with Crippen molar-refractivity contribution in [1.29, 1.82) is 0 Å². The quantitative estimate of drug-likeness (QED) is 0.553. The number of nitro groups is 1. The van der Waals surface area contributed by atoms with E-state index in [0.29, 0.717) is 18.8 Å². The highest BCUT2D eigenvalue weighted by molar-refractivity contribution is 5.17. The molecule has 0 aliphatic carbocycles. The average molecular weight is 199 g/mol. The molecule has 0 spiro atoms. The van der Waals surface area contributed by atoms with Gasteiger partial charge < -0.3 is 10.2 Å². The van der Waals surface area contributed by atoms with Crippen LogP contribution in [0, 0.1) is 10.1 Å². The third-order valence-electron chi connectivity index (χ3n) is 1.76. The molecule has 2 N–H and O–H groups in total. The van der Waals surface area contributed by atoms with Gasteiger partial charge in [-0.15, -0.1) is 0 Å². The van der Waals surface area contributed by atoms with Crippen LogP contribution in [0.4, 0.5) is 5.88 Å². The number of likely N-dealkylation sites (N-methyl/N-ethyl adjacent to an activating group) is 1. The van der Waals surface area contributed by atoms with Gasteiger partial charge in [0.25, 0.3) is 0 Å². The maximum absolute atomic E-state index is 10.3. The van der Waals surface area contributed by atoms with E-state index in [1.807, 2.05) is 11.9 Å². The van der Waals surface area contributed by atoms with Crippen molar-refractivity contribution in [2.45, 2.75) is 6.54 Å². The summed E-state index contributed by atoms with van der Waals surface area (Å²) in [6.45, 7) is 1.82. The van der Waals surface area contributed by atoms with E-state index in [1.54, 1.807) is 6.07 Å². The maximum Gasteiger partial charge on any atom is 0.433 e. The molecular weight excluding hydrogens is 186 g/mol. The highest BCUT2D eigenvalue weighted by Crippen LogP contribution is 2.16. The number of nitrogens with zero attached hydrogens (tertiary/aromatic N) is 2. The Morgan fingerprint density at radius 2 is 2.36 bits per heavy atom. The van der Waals surface area contributed by atoms with E-state index < -0.39 is 4.92 Å². The van der Waals surface area contributed by atoms with Crippen LogP contribution >= 0.6 is 0 Å². The van der Waals surface area contributed by atoms with Gasteiger partial charge in [0.05, 0.1) is 12.6 Å². The van der Waals surface area contributed by atoms with Gasteiger partial charge in [-0.3, -0.25) is 15.0 Å². The molecule has 0 unspecified atom stereocenters. The summed E-state index contributed by atoms with van der Waals surface area (Å²) in [4.78, 5) is 11.7. The Bertz CT molecular complexity index is 311. The van der Waals surface area contributed by atoms with Crippen LogP contribution < -0.4 is 5.73 Å². The molecule has 6 heteroatoms. The highest BCUT2D eigenvalue weighted by Gasteiger charge is 2.12. The predicted octanol–water partition coefficient (Wildman–Crippen LogP) is 0.578. The predicted molar refractivity (Wildman–Crippen MR) is 50.8 cm³/mol. The van der Waals surface area contributed by atoms with E-state index in [4.69, 9.17) is 10.2 Å². The Hall–Kier alpha value is -1.40. The third kappa shape index (κ3) is 2.82. The van der Waals surface area contributed by atoms with Gasteiger partial charge in [0.2, 0.25) is 0 Å². The Morgan fingerprint density at radius 1 is 1.64 bits per heavy atom. The minimum atomic E-state index is -0.549. The van der Waals surface area contributed by atoms with Crippen molar-refractivity contribution in [3.8, 4) is 0 Å². The van der Waals surface area contributed by atoms with Crippen LogP contribution in [0.3, 0.4) is 0 Å². The topological polar surface area (TPSA) is 85.5 Å². The molecule has 14 heavy (non-hydrogen) atoms. The van der Waals surface area contributed by atoms with E-state index in [-0.39, 0.29) is 5.88 Å². The lowest BCUT2D eigenvalue weighted by Gasteiger charge is -2.12. The molecule has 0 saturated heterocycles. The first kappa shape index (κ1) is 10.7. The molecule has 78 valence electrons. The lowest BCUT2D eigenvalue weighted by molar-refractivity contribution is -0.402. The fraction of sp³-hybridized carbons (Fsp3) is 0.500. The van der Waals surface area contributed by atoms with Crippen LogP contribution in [0.5, 0.6) is 0 Å². The number of rotatable bonds is 5. The second-order valence-electron chi connectivity index (χ2n) is 3.02. The number of furan rings is 1. The van der Waals surface area contributed by atoms with Gasteiger partial charge in [-0.1, -0.05) is 0 Å². The zero-order chi connectivity index (χ0) is 10.6. The molecule has 1 aromatic heterocycles.